The number of rotatable bonds is 4. The van der Waals surface area contributed by atoms with Crippen molar-refractivity contribution in [2.45, 2.75) is 20.3 Å². The largest absolute Gasteiger partial charge is 0.481 e. The maximum absolute atomic E-state index is 11.0. The number of carboxylic acids is 1. The van der Waals surface area contributed by atoms with Gasteiger partial charge in [0.05, 0.1) is 11.3 Å². The first-order valence-corrected chi connectivity index (χ1v) is 7.02. The molecule has 0 aliphatic heterocycles. The minimum absolute atomic E-state index is 0.0952. The third kappa shape index (κ3) is 3.28. The molecular formula is C17H17NO2S. The standard InChI is InChI=1S/C17H17NO2S/c1-10-3-6-12(7-4-10)17(21)13-8-5-11(2)14(16(13)18)9-15(19)20/h3-8H,9,18H2,1-2H3,(H,19,20). The molecule has 0 unspecified atom stereocenters. The van der Waals surface area contributed by atoms with Gasteiger partial charge in [0.25, 0.3) is 0 Å². The van der Waals surface area contributed by atoms with Gasteiger partial charge in [-0.2, -0.15) is 0 Å². The predicted octanol–water partition coefficient (Wildman–Crippen LogP) is 3.28. The summed E-state index contributed by atoms with van der Waals surface area (Å²) in [5.74, 6) is -0.900. The number of carboxylic acid groups (broad SMARTS) is 1. The number of nitrogen functional groups attached to an aromatic ring is 1. The number of hydrogen-bond acceptors (Lipinski definition) is 3. The molecule has 0 atom stereocenters. The summed E-state index contributed by atoms with van der Waals surface area (Å²) in [7, 11) is 0. The Hall–Kier alpha value is -2.20. The quantitative estimate of drug-likeness (QED) is 0.516. The molecule has 4 heteroatoms. The van der Waals surface area contributed by atoms with Crippen molar-refractivity contribution in [3.05, 3.63) is 64.2 Å². The van der Waals surface area contributed by atoms with Crippen molar-refractivity contribution in [3.63, 3.8) is 0 Å². The number of aliphatic carboxylic acids is 1. The minimum Gasteiger partial charge on any atom is -0.481 e. The van der Waals surface area contributed by atoms with Crippen LogP contribution in [0.3, 0.4) is 0 Å². The Balaban J connectivity index is 2.46. The van der Waals surface area contributed by atoms with Crippen LogP contribution in [-0.2, 0) is 11.2 Å². The van der Waals surface area contributed by atoms with E-state index < -0.39 is 5.97 Å². The van der Waals surface area contributed by atoms with Crippen LogP contribution in [0.1, 0.15) is 27.8 Å². The second-order valence-corrected chi connectivity index (χ2v) is 5.50. The summed E-state index contributed by atoms with van der Waals surface area (Å²) >= 11 is 5.51. The van der Waals surface area contributed by atoms with Gasteiger partial charge in [-0.25, -0.2) is 0 Å². The molecule has 2 aromatic rings. The molecule has 21 heavy (non-hydrogen) atoms. The van der Waals surface area contributed by atoms with E-state index in [4.69, 9.17) is 23.1 Å². The van der Waals surface area contributed by atoms with E-state index in [1.54, 1.807) is 0 Å². The Morgan fingerprint density at radius 2 is 1.76 bits per heavy atom. The fraction of sp³-hybridized carbons (Fsp3) is 0.176. The highest BCUT2D eigenvalue weighted by Crippen LogP contribution is 2.25. The van der Waals surface area contributed by atoms with E-state index in [9.17, 15) is 4.79 Å². The molecule has 2 aromatic carbocycles. The maximum Gasteiger partial charge on any atom is 0.307 e. The van der Waals surface area contributed by atoms with Gasteiger partial charge < -0.3 is 10.8 Å². The van der Waals surface area contributed by atoms with Crippen molar-refractivity contribution in [2.24, 2.45) is 0 Å². The lowest BCUT2D eigenvalue weighted by molar-refractivity contribution is -0.136. The number of benzene rings is 2. The lowest BCUT2D eigenvalue weighted by Gasteiger charge is -2.14. The molecule has 3 N–H and O–H groups in total. The van der Waals surface area contributed by atoms with Crippen molar-refractivity contribution in [1.29, 1.82) is 0 Å². The predicted molar refractivity (Wildman–Crippen MR) is 88.9 cm³/mol. The van der Waals surface area contributed by atoms with E-state index in [0.717, 1.165) is 22.3 Å². The molecule has 0 aromatic heterocycles. The first-order valence-electron chi connectivity index (χ1n) is 6.61. The molecule has 0 amide bonds. The first-order chi connectivity index (χ1) is 9.90. The zero-order chi connectivity index (χ0) is 15.6. The summed E-state index contributed by atoms with van der Waals surface area (Å²) in [6, 6.07) is 11.6. The molecule has 0 aliphatic rings. The van der Waals surface area contributed by atoms with Crippen molar-refractivity contribution >= 4 is 28.7 Å². The van der Waals surface area contributed by atoms with Crippen molar-refractivity contribution < 1.29 is 9.90 Å². The van der Waals surface area contributed by atoms with Crippen molar-refractivity contribution in [2.75, 3.05) is 5.73 Å². The fourth-order valence-electron chi connectivity index (χ4n) is 2.22. The molecule has 2 rings (SSSR count). The van der Waals surface area contributed by atoms with Crippen LogP contribution in [0, 0.1) is 13.8 Å². The number of hydrogen-bond donors (Lipinski definition) is 2. The molecule has 0 saturated carbocycles. The van der Waals surface area contributed by atoms with Crippen LogP contribution in [0.5, 0.6) is 0 Å². The molecule has 108 valence electrons. The highest BCUT2D eigenvalue weighted by molar-refractivity contribution is 7.81. The summed E-state index contributed by atoms with van der Waals surface area (Å²) < 4.78 is 0. The second-order valence-electron chi connectivity index (χ2n) is 5.09. The van der Waals surface area contributed by atoms with Crippen LogP contribution < -0.4 is 5.73 Å². The van der Waals surface area contributed by atoms with Gasteiger partial charge in [0, 0.05) is 11.3 Å². The molecule has 0 heterocycles. The number of aryl methyl sites for hydroxylation is 2. The molecule has 0 spiro atoms. The zero-order valence-corrected chi connectivity index (χ0v) is 12.8. The van der Waals surface area contributed by atoms with Crippen LogP contribution in [0.2, 0.25) is 0 Å². The summed E-state index contributed by atoms with van der Waals surface area (Å²) in [6.45, 7) is 3.87. The summed E-state index contributed by atoms with van der Waals surface area (Å²) in [5, 5.41) is 9.00. The van der Waals surface area contributed by atoms with Crippen LogP contribution in [-0.4, -0.2) is 15.9 Å². The Bertz CT molecular complexity index is 705. The van der Waals surface area contributed by atoms with Crippen LogP contribution in [0.25, 0.3) is 0 Å². The molecule has 0 aliphatic carbocycles. The lowest BCUT2D eigenvalue weighted by Crippen LogP contribution is -2.11. The van der Waals surface area contributed by atoms with Crippen molar-refractivity contribution in [3.8, 4) is 0 Å². The summed E-state index contributed by atoms with van der Waals surface area (Å²) in [4.78, 5) is 11.6. The SMILES string of the molecule is Cc1ccc(C(=S)c2ccc(C)c(CC(=O)O)c2N)cc1. The average molecular weight is 299 g/mol. The molecular weight excluding hydrogens is 282 g/mol. The second kappa shape index (κ2) is 6.06. The van der Waals surface area contributed by atoms with Gasteiger partial charge in [-0.1, -0.05) is 54.2 Å². The fourth-order valence-corrected chi connectivity index (χ4v) is 2.53. The van der Waals surface area contributed by atoms with E-state index in [-0.39, 0.29) is 6.42 Å². The third-order valence-electron chi connectivity index (χ3n) is 3.48. The number of thiocarbonyl (C=S) groups is 1. The Morgan fingerprint density at radius 1 is 1.14 bits per heavy atom. The summed E-state index contributed by atoms with van der Waals surface area (Å²) in [6.07, 6.45) is -0.0952. The highest BCUT2D eigenvalue weighted by Gasteiger charge is 2.15. The third-order valence-corrected chi connectivity index (χ3v) is 3.93. The Morgan fingerprint density at radius 3 is 2.33 bits per heavy atom. The van der Waals surface area contributed by atoms with Crippen LogP contribution in [0.15, 0.2) is 36.4 Å². The van der Waals surface area contributed by atoms with E-state index in [2.05, 4.69) is 0 Å². The Labute approximate surface area is 129 Å². The topological polar surface area (TPSA) is 63.3 Å². The van der Waals surface area contributed by atoms with Gasteiger partial charge in [0.15, 0.2) is 0 Å². The van der Waals surface area contributed by atoms with E-state index in [1.165, 1.54) is 0 Å². The van der Waals surface area contributed by atoms with Gasteiger partial charge in [0.2, 0.25) is 0 Å². The monoisotopic (exact) mass is 299 g/mol. The zero-order valence-electron chi connectivity index (χ0n) is 12.0. The van der Waals surface area contributed by atoms with Gasteiger partial charge in [-0.3, -0.25) is 4.79 Å². The number of nitrogens with two attached hydrogens (primary N) is 1. The number of anilines is 1. The molecule has 0 fully saturated rings. The smallest absolute Gasteiger partial charge is 0.307 e. The number of carbonyl (C=O) groups is 1. The first kappa shape index (κ1) is 15.2. The molecule has 0 saturated heterocycles. The summed E-state index contributed by atoms with van der Waals surface area (Å²) in [5.41, 5.74) is 10.9. The molecule has 0 radical (unpaired) electrons. The van der Waals surface area contributed by atoms with Gasteiger partial charge in [-0.05, 0) is 30.5 Å². The maximum atomic E-state index is 11.0. The Kier molecular flexibility index (Phi) is 4.38. The van der Waals surface area contributed by atoms with Crippen LogP contribution >= 0.6 is 12.2 Å². The van der Waals surface area contributed by atoms with Crippen LogP contribution in [0.4, 0.5) is 5.69 Å². The van der Waals surface area contributed by atoms with Gasteiger partial charge in [-0.15, -0.1) is 0 Å². The van der Waals surface area contributed by atoms with Gasteiger partial charge >= 0.3 is 5.97 Å². The van der Waals surface area contributed by atoms with Gasteiger partial charge in [0.1, 0.15) is 0 Å². The van der Waals surface area contributed by atoms with E-state index in [1.807, 2.05) is 50.2 Å². The van der Waals surface area contributed by atoms with E-state index in [0.29, 0.717) is 16.1 Å². The normalized spacial score (nSPS) is 10.4. The highest BCUT2D eigenvalue weighted by atomic mass is 32.1. The molecule has 3 nitrogen and oxygen atoms in total. The van der Waals surface area contributed by atoms with E-state index >= 15 is 0 Å². The minimum atomic E-state index is -0.900. The molecule has 0 bridgehead atoms. The average Bonchev–Trinajstić information content (AvgIpc) is 2.43. The lowest BCUT2D eigenvalue weighted by atomic mass is 9.95. The van der Waals surface area contributed by atoms with Crippen molar-refractivity contribution in [1.82, 2.24) is 0 Å².